The maximum absolute atomic E-state index is 11.5. The number of aromatic nitrogens is 1. The number of Topliss-reactive ketones (excluding diaryl/α,β-unsaturated/α-hetero) is 1. The van der Waals surface area contributed by atoms with Crippen molar-refractivity contribution in [1.29, 1.82) is 0 Å². The number of anilines is 1. The summed E-state index contributed by atoms with van der Waals surface area (Å²) in [6.45, 7) is 1.09. The minimum Gasteiger partial charge on any atom is -0.347 e. The van der Waals surface area contributed by atoms with Crippen molar-refractivity contribution in [3.8, 4) is 0 Å². The molecule has 1 saturated heterocycles. The normalized spacial score (nSPS) is 19.5. The quantitative estimate of drug-likeness (QED) is 0.620. The van der Waals surface area contributed by atoms with Crippen LogP contribution in [0.3, 0.4) is 0 Å². The van der Waals surface area contributed by atoms with Crippen LogP contribution in [0.2, 0.25) is 0 Å². The molecular formula is C10H13ClN2O3S2. The molecular weight excluding hydrogens is 296 g/mol. The van der Waals surface area contributed by atoms with Crippen LogP contribution in [0.4, 0.5) is 5.13 Å². The number of hydrogen-bond donors (Lipinski definition) is 0. The fourth-order valence-electron chi connectivity index (χ4n) is 1.74. The van der Waals surface area contributed by atoms with E-state index in [0.717, 1.165) is 0 Å². The van der Waals surface area contributed by atoms with E-state index in [1.807, 2.05) is 4.90 Å². The van der Waals surface area contributed by atoms with Gasteiger partial charge in [-0.2, -0.15) is 0 Å². The summed E-state index contributed by atoms with van der Waals surface area (Å²) in [6, 6.07) is 0. The van der Waals surface area contributed by atoms with Crippen LogP contribution in [-0.4, -0.2) is 49.7 Å². The van der Waals surface area contributed by atoms with Crippen LogP contribution in [0.25, 0.3) is 0 Å². The first-order chi connectivity index (χ1) is 8.52. The van der Waals surface area contributed by atoms with Crippen molar-refractivity contribution in [3.63, 3.8) is 0 Å². The molecule has 0 spiro atoms. The van der Waals surface area contributed by atoms with E-state index in [-0.39, 0.29) is 23.2 Å². The number of ketones is 1. The molecule has 1 aromatic heterocycles. The van der Waals surface area contributed by atoms with E-state index in [9.17, 15) is 13.2 Å². The largest absolute Gasteiger partial charge is 0.347 e. The summed E-state index contributed by atoms with van der Waals surface area (Å²) >= 11 is 6.82. The highest BCUT2D eigenvalue weighted by Crippen LogP contribution is 2.22. The Kier molecular flexibility index (Phi) is 4.24. The lowest BCUT2D eigenvalue weighted by Crippen LogP contribution is -2.26. The van der Waals surface area contributed by atoms with Gasteiger partial charge >= 0.3 is 0 Å². The van der Waals surface area contributed by atoms with Crippen molar-refractivity contribution in [2.75, 3.05) is 35.4 Å². The fourth-order valence-corrected chi connectivity index (χ4v) is 4.03. The molecule has 0 unspecified atom stereocenters. The van der Waals surface area contributed by atoms with Gasteiger partial charge in [-0.1, -0.05) is 0 Å². The molecule has 2 rings (SSSR count). The third-order valence-corrected chi connectivity index (χ3v) is 5.58. The van der Waals surface area contributed by atoms with E-state index in [2.05, 4.69) is 4.98 Å². The Morgan fingerprint density at radius 1 is 1.44 bits per heavy atom. The standard InChI is InChI=1S/C10H13ClN2O3S2/c11-6-9(14)8-7-17-10(12-8)13-2-1-4-18(15,16)5-3-13/h7H,1-6H2. The zero-order valence-corrected chi connectivity index (χ0v) is 12.0. The predicted molar refractivity (Wildman–Crippen MR) is 72.6 cm³/mol. The number of halogens is 1. The van der Waals surface area contributed by atoms with E-state index in [1.165, 1.54) is 11.3 Å². The molecule has 1 fully saturated rings. The van der Waals surface area contributed by atoms with E-state index in [0.29, 0.717) is 30.3 Å². The summed E-state index contributed by atoms with van der Waals surface area (Å²) in [7, 11) is -2.93. The molecule has 0 aromatic carbocycles. The van der Waals surface area contributed by atoms with Gasteiger partial charge in [-0.15, -0.1) is 22.9 Å². The number of sulfone groups is 1. The van der Waals surface area contributed by atoms with E-state index < -0.39 is 9.84 Å². The average molecular weight is 309 g/mol. The Morgan fingerprint density at radius 2 is 2.22 bits per heavy atom. The van der Waals surface area contributed by atoms with Gasteiger partial charge in [0.1, 0.15) is 5.69 Å². The number of carbonyl (C=O) groups excluding carboxylic acids is 1. The fraction of sp³-hybridized carbons (Fsp3) is 0.600. The highest BCUT2D eigenvalue weighted by atomic mass is 35.5. The first kappa shape index (κ1) is 13.8. The first-order valence-corrected chi connectivity index (χ1v) is 8.75. The van der Waals surface area contributed by atoms with Crippen LogP contribution < -0.4 is 4.90 Å². The van der Waals surface area contributed by atoms with Crippen LogP contribution in [0.5, 0.6) is 0 Å². The third kappa shape index (κ3) is 3.21. The summed E-state index contributed by atoms with van der Waals surface area (Å²) in [6.07, 6.45) is 0.598. The second-order valence-electron chi connectivity index (χ2n) is 4.06. The lowest BCUT2D eigenvalue weighted by molar-refractivity contribution is 0.101. The van der Waals surface area contributed by atoms with Crippen LogP contribution in [0.15, 0.2) is 5.38 Å². The first-order valence-electron chi connectivity index (χ1n) is 5.52. The number of alkyl halides is 1. The molecule has 0 bridgehead atoms. The Labute approximate surface area is 115 Å². The Hall–Kier alpha value is -0.660. The van der Waals surface area contributed by atoms with E-state index in [1.54, 1.807) is 5.38 Å². The molecule has 0 amide bonds. The van der Waals surface area contributed by atoms with Crippen molar-refractivity contribution in [2.24, 2.45) is 0 Å². The lowest BCUT2D eigenvalue weighted by atomic mass is 10.3. The summed E-state index contributed by atoms with van der Waals surface area (Å²) in [5, 5.41) is 2.36. The Morgan fingerprint density at radius 3 is 2.94 bits per heavy atom. The monoisotopic (exact) mass is 308 g/mol. The van der Waals surface area contributed by atoms with Crippen LogP contribution >= 0.6 is 22.9 Å². The maximum Gasteiger partial charge on any atom is 0.196 e. The SMILES string of the molecule is O=C(CCl)c1csc(N2CCCS(=O)(=O)CC2)n1. The second kappa shape index (κ2) is 5.54. The minimum absolute atomic E-state index is 0.0858. The van der Waals surface area contributed by atoms with Gasteiger partial charge in [-0.25, -0.2) is 13.4 Å². The molecule has 0 aliphatic carbocycles. The van der Waals surface area contributed by atoms with E-state index >= 15 is 0 Å². The number of thiazole rings is 1. The number of carbonyl (C=O) groups is 1. The molecule has 8 heteroatoms. The molecule has 5 nitrogen and oxygen atoms in total. The smallest absolute Gasteiger partial charge is 0.196 e. The molecule has 0 radical (unpaired) electrons. The highest BCUT2D eigenvalue weighted by Gasteiger charge is 2.21. The molecule has 1 aliphatic rings. The third-order valence-electron chi connectivity index (χ3n) is 2.73. The molecule has 1 aromatic rings. The topological polar surface area (TPSA) is 67.3 Å². The van der Waals surface area contributed by atoms with Gasteiger partial charge in [0.25, 0.3) is 0 Å². The summed E-state index contributed by atoms with van der Waals surface area (Å²) < 4.78 is 23.0. The van der Waals surface area contributed by atoms with Crippen molar-refractivity contribution >= 4 is 43.7 Å². The zero-order chi connectivity index (χ0) is 13.2. The Balaban J connectivity index is 2.12. The van der Waals surface area contributed by atoms with Crippen LogP contribution in [-0.2, 0) is 9.84 Å². The van der Waals surface area contributed by atoms with Gasteiger partial charge in [-0.05, 0) is 6.42 Å². The summed E-state index contributed by atoms with van der Waals surface area (Å²) in [5.74, 6) is 0.0762. The average Bonchev–Trinajstić information content (AvgIpc) is 2.74. The van der Waals surface area contributed by atoms with Crippen molar-refractivity contribution in [3.05, 3.63) is 11.1 Å². The number of rotatable bonds is 3. The number of nitrogens with zero attached hydrogens (tertiary/aromatic N) is 2. The molecule has 100 valence electrons. The van der Waals surface area contributed by atoms with Gasteiger partial charge in [0.2, 0.25) is 0 Å². The predicted octanol–water partition coefficient (Wildman–Crippen LogP) is 1.19. The van der Waals surface area contributed by atoms with Gasteiger partial charge in [0.15, 0.2) is 20.8 Å². The lowest BCUT2D eigenvalue weighted by Gasteiger charge is -2.17. The molecule has 1 aliphatic heterocycles. The van der Waals surface area contributed by atoms with Crippen molar-refractivity contribution < 1.29 is 13.2 Å². The summed E-state index contributed by atoms with van der Waals surface area (Å²) in [5.41, 5.74) is 0.358. The highest BCUT2D eigenvalue weighted by molar-refractivity contribution is 7.91. The molecule has 0 saturated carbocycles. The zero-order valence-electron chi connectivity index (χ0n) is 9.63. The maximum atomic E-state index is 11.5. The molecule has 0 N–H and O–H groups in total. The van der Waals surface area contributed by atoms with E-state index in [4.69, 9.17) is 11.6 Å². The van der Waals surface area contributed by atoms with Gasteiger partial charge in [-0.3, -0.25) is 4.79 Å². The van der Waals surface area contributed by atoms with Gasteiger partial charge in [0, 0.05) is 18.5 Å². The molecule has 2 heterocycles. The van der Waals surface area contributed by atoms with Crippen molar-refractivity contribution in [1.82, 2.24) is 4.98 Å². The van der Waals surface area contributed by atoms with Gasteiger partial charge in [0.05, 0.1) is 17.4 Å². The van der Waals surface area contributed by atoms with Gasteiger partial charge < -0.3 is 4.90 Å². The van der Waals surface area contributed by atoms with Crippen molar-refractivity contribution in [2.45, 2.75) is 6.42 Å². The number of hydrogen-bond acceptors (Lipinski definition) is 6. The summed E-state index contributed by atoms with van der Waals surface area (Å²) in [4.78, 5) is 17.5. The molecule has 18 heavy (non-hydrogen) atoms. The van der Waals surface area contributed by atoms with Crippen LogP contribution in [0, 0.1) is 0 Å². The second-order valence-corrected chi connectivity index (χ2v) is 7.47. The minimum atomic E-state index is -2.93. The Bertz CT molecular complexity index is 541. The van der Waals surface area contributed by atoms with Crippen LogP contribution in [0.1, 0.15) is 16.9 Å². The molecule has 0 atom stereocenters.